The van der Waals surface area contributed by atoms with Crippen LogP contribution >= 0.6 is 0 Å². The molecule has 31 heavy (non-hydrogen) atoms. The molecule has 0 fully saturated rings. The van der Waals surface area contributed by atoms with Crippen molar-refractivity contribution < 1.29 is 43.3 Å². The summed E-state index contributed by atoms with van der Waals surface area (Å²) in [5.74, 6) is -3.56. The van der Waals surface area contributed by atoms with E-state index in [1.807, 2.05) is 0 Å². The topological polar surface area (TPSA) is 195 Å². The van der Waals surface area contributed by atoms with Gasteiger partial charge in [-0.2, -0.15) is 0 Å². The summed E-state index contributed by atoms with van der Waals surface area (Å²) < 4.78 is 14.7. The summed E-state index contributed by atoms with van der Waals surface area (Å²) >= 11 is 0. The van der Waals surface area contributed by atoms with Crippen LogP contribution in [0.1, 0.15) is 18.4 Å². The van der Waals surface area contributed by atoms with Crippen LogP contribution in [-0.2, 0) is 19.1 Å². The number of fused-ring (bicyclic) bond motifs is 1. The molecule has 0 aliphatic heterocycles. The Balaban J connectivity index is 1.92. The number of rotatable bonds is 9. The van der Waals surface area contributed by atoms with Crippen molar-refractivity contribution in [2.45, 2.75) is 31.8 Å². The molecule has 5 N–H and O–H groups in total. The van der Waals surface area contributed by atoms with E-state index < -0.39 is 48.3 Å². The lowest BCUT2D eigenvalue weighted by atomic mass is 10.1. The molecule has 1 amide bonds. The minimum atomic E-state index is -1.58. The number of carbonyl (C=O) groups excluding carboxylic acids is 2. The fourth-order valence-corrected chi connectivity index (χ4v) is 2.50. The summed E-state index contributed by atoms with van der Waals surface area (Å²) in [4.78, 5) is 57.0. The quantitative estimate of drug-likeness (QED) is 0.241. The Morgan fingerprint density at radius 3 is 2.52 bits per heavy atom. The van der Waals surface area contributed by atoms with Gasteiger partial charge in [-0.25, -0.2) is 14.4 Å². The molecular weight excluding hydrogens is 416 g/mol. The van der Waals surface area contributed by atoms with Gasteiger partial charge in [-0.1, -0.05) is 0 Å². The van der Waals surface area contributed by atoms with Gasteiger partial charge < -0.3 is 35.2 Å². The number of aliphatic carboxylic acids is 2. The van der Waals surface area contributed by atoms with Gasteiger partial charge in [-0.15, -0.1) is 0 Å². The highest BCUT2D eigenvalue weighted by Gasteiger charge is 2.23. The van der Waals surface area contributed by atoms with E-state index in [0.717, 1.165) is 0 Å². The Labute approximate surface area is 174 Å². The maximum Gasteiger partial charge on any atom is 0.513 e. The third kappa shape index (κ3) is 6.82. The van der Waals surface area contributed by atoms with Gasteiger partial charge in [0, 0.05) is 23.9 Å². The van der Waals surface area contributed by atoms with Crippen molar-refractivity contribution in [3.05, 3.63) is 40.2 Å². The smallest absolute Gasteiger partial charge is 0.480 e. The number of aryl methyl sites for hydroxylation is 1. The van der Waals surface area contributed by atoms with E-state index in [1.54, 1.807) is 13.0 Å². The van der Waals surface area contributed by atoms with Gasteiger partial charge in [0.1, 0.15) is 24.0 Å². The van der Waals surface area contributed by atoms with Gasteiger partial charge >= 0.3 is 23.7 Å². The second-order valence-electron chi connectivity index (χ2n) is 6.51. The standard InChI is InChI=1S/C19H20N2O10/c1-9-6-16(23)31-14-7-10(2-3-11(9)14)30-19(28)29-8-13(18(26)27)21-15(22)5-4-12(20)17(24)25/h2-3,6-7,12-13H,4-5,8,20H2,1H3,(H,21,22)(H,24,25)(H,26,27). The van der Waals surface area contributed by atoms with Gasteiger partial charge in [-0.05, 0) is 31.0 Å². The molecule has 2 unspecified atom stereocenters. The molecule has 2 atom stereocenters. The molecule has 12 heteroatoms. The number of benzene rings is 1. The van der Waals surface area contributed by atoms with E-state index in [2.05, 4.69) is 5.32 Å². The number of carboxylic acids is 2. The third-order valence-corrected chi connectivity index (χ3v) is 4.12. The summed E-state index contributed by atoms with van der Waals surface area (Å²) in [6.07, 6.45) is -1.78. The summed E-state index contributed by atoms with van der Waals surface area (Å²) in [5.41, 5.74) is 5.55. The SMILES string of the molecule is Cc1cc(=O)oc2cc(OC(=O)OCC(NC(=O)CCC(N)C(=O)O)C(=O)O)ccc12. The van der Waals surface area contributed by atoms with Crippen molar-refractivity contribution in [3.8, 4) is 5.75 Å². The largest absolute Gasteiger partial charge is 0.513 e. The van der Waals surface area contributed by atoms with Crippen LogP contribution in [0.2, 0.25) is 0 Å². The molecule has 0 saturated heterocycles. The van der Waals surface area contributed by atoms with Crippen LogP contribution in [0, 0.1) is 6.92 Å². The molecule has 2 aromatic rings. The molecule has 0 bridgehead atoms. The predicted molar refractivity (Wildman–Crippen MR) is 104 cm³/mol. The number of nitrogens with one attached hydrogen (secondary N) is 1. The van der Waals surface area contributed by atoms with Gasteiger partial charge in [0.25, 0.3) is 0 Å². The van der Waals surface area contributed by atoms with Gasteiger partial charge in [0.05, 0.1) is 0 Å². The number of amides is 1. The Morgan fingerprint density at radius 1 is 1.16 bits per heavy atom. The van der Waals surface area contributed by atoms with Crippen LogP contribution in [0.25, 0.3) is 11.0 Å². The van der Waals surface area contributed by atoms with Crippen molar-refractivity contribution in [1.82, 2.24) is 5.32 Å². The van der Waals surface area contributed by atoms with Gasteiger partial charge in [-0.3, -0.25) is 9.59 Å². The highest BCUT2D eigenvalue weighted by atomic mass is 16.7. The zero-order valence-corrected chi connectivity index (χ0v) is 16.3. The number of ether oxygens (including phenoxy) is 2. The molecule has 0 radical (unpaired) electrons. The van der Waals surface area contributed by atoms with Crippen molar-refractivity contribution >= 4 is 35.0 Å². The Hall–Kier alpha value is -3.93. The normalized spacial score (nSPS) is 12.6. The first-order valence-electron chi connectivity index (χ1n) is 8.96. The van der Waals surface area contributed by atoms with Crippen LogP contribution in [0.3, 0.4) is 0 Å². The Bertz CT molecular complexity index is 1060. The zero-order valence-electron chi connectivity index (χ0n) is 16.3. The van der Waals surface area contributed by atoms with Crippen molar-refractivity contribution in [2.24, 2.45) is 5.73 Å². The molecule has 0 aliphatic rings. The van der Waals surface area contributed by atoms with E-state index >= 15 is 0 Å². The number of hydrogen-bond donors (Lipinski definition) is 4. The molecule has 1 aromatic carbocycles. The maximum atomic E-state index is 11.9. The zero-order chi connectivity index (χ0) is 23.1. The third-order valence-electron chi connectivity index (χ3n) is 4.12. The Kier molecular flexibility index (Phi) is 7.69. The molecule has 0 saturated carbocycles. The summed E-state index contributed by atoms with van der Waals surface area (Å²) in [6.45, 7) is 0.969. The average molecular weight is 436 g/mol. The van der Waals surface area contributed by atoms with Gasteiger partial charge in [0.15, 0.2) is 6.04 Å². The number of nitrogens with two attached hydrogens (primary N) is 1. The van der Waals surface area contributed by atoms with Crippen molar-refractivity contribution in [2.75, 3.05) is 6.61 Å². The van der Waals surface area contributed by atoms with E-state index in [-0.39, 0.29) is 24.2 Å². The predicted octanol–water partition coefficient (Wildman–Crippen LogP) is 0.378. The molecule has 2 rings (SSSR count). The van der Waals surface area contributed by atoms with Crippen LogP contribution in [-0.4, -0.2) is 52.9 Å². The van der Waals surface area contributed by atoms with E-state index in [9.17, 15) is 24.0 Å². The number of hydrogen-bond acceptors (Lipinski definition) is 9. The molecule has 12 nitrogen and oxygen atoms in total. The second kappa shape index (κ2) is 10.2. The maximum absolute atomic E-state index is 11.9. The molecule has 0 spiro atoms. The first-order valence-corrected chi connectivity index (χ1v) is 8.96. The van der Waals surface area contributed by atoms with Crippen molar-refractivity contribution in [3.63, 3.8) is 0 Å². The molecule has 0 aliphatic carbocycles. The minimum Gasteiger partial charge on any atom is -0.480 e. The lowest BCUT2D eigenvalue weighted by Gasteiger charge is -2.15. The first-order chi connectivity index (χ1) is 14.6. The summed E-state index contributed by atoms with van der Waals surface area (Å²) in [7, 11) is 0. The summed E-state index contributed by atoms with van der Waals surface area (Å²) in [6, 6.07) is 2.76. The minimum absolute atomic E-state index is 0.00943. The number of carbonyl (C=O) groups is 4. The lowest BCUT2D eigenvalue weighted by molar-refractivity contribution is -0.143. The van der Waals surface area contributed by atoms with Gasteiger partial charge in [0.2, 0.25) is 5.91 Å². The summed E-state index contributed by atoms with van der Waals surface area (Å²) in [5, 5.41) is 20.6. The van der Waals surface area contributed by atoms with E-state index in [4.69, 9.17) is 29.8 Å². The van der Waals surface area contributed by atoms with E-state index in [0.29, 0.717) is 10.9 Å². The van der Waals surface area contributed by atoms with Crippen LogP contribution in [0.4, 0.5) is 4.79 Å². The molecule has 1 aromatic heterocycles. The molecule has 1 heterocycles. The number of carboxylic acid groups (broad SMARTS) is 2. The van der Waals surface area contributed by atoms with Crippen LogP contribution in [0.15, 0.2) is 33.5 Å². The van der Waals surface area contributed by atoms with Crippen LogP contribution in [0.5, 0.6) is 5.75 Å². The van der Waals surface area contributed by atoms with Crippen molar-refractivity contribution in [1.29, 1.82) is 0 Å². The fourth-order valence-electron chi connectivity index (χ4n) is 2.50. The highest BCUT2D eigenvalue weighted by molar-refractivity contribution is 5.84. The fraction of sp³-hybridized carbons (Fsp3) is 0.316. The monoisotopic (exact) mass is 436 g/mol. The molecule has 166 valence electrons. The Morgan fingerprint density at radius 2 is 1.87 bits per heavy atom. The van der Waals surface area contributed by atoms with E-state index in [1.165, 1.54) is 18.2 Å². The highest BCUT2D eigenvalue weighted by Crippen LogP contribution is 2.22. The average Bonchev–Trinajstić information content (AvgIpc) is 2.68. The first kappa shape index (κ1) is 23.3. The lowest BCUT2D eigenvalue weighted by Crippen LogP contribution is -2.45. The van der Waals surface area contributed by atoms with Crippen LogP contribution < -0.4 is 21.4 Å². The second-order valence-corrected chi connectivity index (χ2v) is 6.51. The molecular formula is C19H20N2O10.